The number of thiocarbonyl (C=S) groups is 1. The van der Waals surface area contributed by atoms with E-state index in [9.17, 15) is 9.18 Å². The van der Waals surface area contributed by atoms with E-state index < -0.39 is 0 Å². The Labute approximate surface area is 237 Å². The average molecular weight is 558 g/mol. The summed E-state index contributed by atoms with van der Waals surface area (Å²) in [5.41, 5.74) is 3.70. The van der Waals surface area contributed by atoms with Gasteiger partial charge in [-0.3, -0.25) is 9.69 Å². The molecule has 4 aromatic rings. The van der Waals surface area contributed by atoms with E-state index in [-0.39, 0.29) is 18.3 Å². The predicted molar refractivity (Wildman–Crippen MR) is 159 cm³/mol. The number of carbonyl (C=O) groups is 1. The van der Waals surface area contributed by atoms with Gasteiger partial charge in [0.25, 0.3) is 5.91 Å². The number of benzene rings is 3. The van der Waals surface area contributed by atoms with E-state index >= 15 is 0 Å². The molecule has 5 rings (SSSR count). The Morgan fingerprint density at radius 1 is 1.03 bits per heavy atom. The minimum Gasteiger partial charge on any atom is -0.489 e. The molecule has 0 aliphatic carbocycles. The fourth-order valence-electron chi connectivity index (χ4n) is 4.29. The summed E-state index contributed by atoms with van der Waals surface area (Å²) in [6.45, 7) is 2.88. The smallest absolute Gasteiger partial charge is 0.266 e. The maximum absolute atomic E-state index is 14.1. The molecule has 1 fully saturated rings. The van der Waals surface area contributed by atoms with Crippen LogP contribution >= 0.6 is 24.0 Å². The molecule has 1 amide bonds. The molecule has 198 valence electrons. The van der Waals surface area contributed by atoms with Crippen LogP contribution < -0.4 is 4.74 Å². The SMILES string of the molecule is CCCCCN1C(=O)C(=Cc2cn(-c3ccccc3)nc2-c2cccc(OCc3ccccc3F)c2)SC1=S. The summed E-state index contributed by atoms with van der Waals surface area (Å²) in [5.74, 6) is 0.226. The van der Waals surface area contributed by atoms with Gasteiger partial charge in [-0.1, -0.05) is 92.3 Å². The summed E-state index contributed by atoms with van der Waals surface area (Å²) < 4.78 is 22.4. The molecule has 0 spiro atoms. The highest BCUT2D eigenvalue weighted by Gasteiger charge is 2.32. The molecule has 0 atom stereocenters. The first kappa shape index (κ1) is 26.8. The Bertz CT molecular complexity index is 1520. The molecule has 8 heteroatoms. The predicted octanol–water partition coefficient (Wildman–Crippen LogP) is 7.65. The average Bonchev–Trinajstić information content (AvgIpc) is 3.49. The number of amides is 1. The largest absolute Gasteiger partial charge is 0.489 e. The van der Waals surface area contributed by atoms with E-state index in [2.05, 4.69) is 6.92 Å². The van der Waals surface area contributed by atoms with Gasteiger partial charge in [-0.05, 0) is 42.8 Å². The number of nitrogens with zero attached hydrogens (tertiary/aromatic N) is 3. The van der Waals surface area contributed by atoms with Crippen molar-refractivity contribution < 1.29 is 13.9 Å². The number of halogens is 1. The highest BCUT2D eigenvalue weighted by atomic mass is 32.2. The van der Waals surface area contributed by atoms with E-state index in [0.29, 0.717) is 32.8 Å². The van der Waals surface area contributed by atoms with E-state index in [4.69, 9.17) is 22.1 Å². The standard InChI is InChI=1S/C31H28FN3O2S2/c1-2-3-9-17-34-30(36)28(39-31(34)38)19-24-20-35(25-13-5-4-6-14-25)33-29(24)22-12-10-15-26(18-22)37-21-23-11-7-8-16-27(23)32/h4-8,10-16,18-20H,2-3,9,17,21H2,1H3. The Kier molecular flexibility index (Phi) is 8.54. The van der Waals surface area contributed by atoms with Crippen molar-refractivity contribution in [3.8, 4) is 22.7 Å². The summed E-state index contributed by atoms with van der Waals surface area (Å²) >= 11 is 6.85. The van der Waals surface area contributed by atoms with Crippen molar-refractivity contribution in [2.24, 2.45) is 0 Å². The maximum Gasteiger partial charge on any atom is 0.266 e. The van der Waals surface area contributed by atoms with Crippen molar-refractivity contribution in [1.82, 2.24) is 14.7 Å². The van der Waals surface area contributed by atoms with Gasteiger partial charge in [-0.25, -0.2) is 9.07 Å². The van der Waals surface area contributed by atoms with Crippen LogP contribution in [0.4, 0.5) is 4.39 Å². The van der Waals surface area contributed by atoms with Crippen LogP contribution in [0.2, 0.25) is 0 Å². The molecule has 1 aromatic heterocycles. The van der Waals surface area contributed by atoms with Crippen LogP contribution in [0.1, 0.15) is 37.3 Å². The number of unbranched alkanes of at least 4 members (excludes halogenated alkanes) is 2. The second-order valence-electron chi connectivity index (χ2n) is 9.16. The van der Waals surface area contributed by atoms with Crippen LogP contribution in [0.3, 0.4) is 0 Å². The van der Waals surface area contributed by atoms with Crippen LogP contribution in [0, 0.1) is 5.82 Å². The quantitative estimate of drug-likeness (QED) is 0.114. The van der Waals surface area contributed by atoms with E-state index in [0.717, 1.165) is 36.1 Å². The molecule has 1 saturated heterocycles. The highest BCUT2D eigenvalue weighted by molar-refractivity contribution is 8.26. The third-order valence-corrected chi connectivity index (χ3v) is 7.75. The van der Waals surface area contributed by atoms with Crippen LogP contribution in [-0.4, -0.2) is 31.5 Å². The number of hydrogen-bond acceptors (Lipinski definition) is 5. The molecule has 0 unspecified atom stereocenters. The molecule has 0 bridgehead atoms. The topological polar surface area (TPSA) is 47.4 Å². The number of para-hydroxylation sites is 1. The zero-order valence-electron chi connectivity index (χ0n) is 21.5. The van der Waals surface area contributed by atoms with Crippen LogP contribution in [-0.2, 0) is 11.4 Å². The fourth-order valence-corrected chi connectivity index (χ4v) is 5.59. The van der Waals surface area contributed by atoms with Crippen LogP contribution in [0.15, 0.2) is 90.0 Å². The second-order valence-corrected chi connectivity index (χ2v) is 10.8. The van der Waals surface area contributed by atoms with Gasteiger partial charge in [0.05, 0.1) is 10.6 Å². The first-order valence-electron chi connectivity index (χ1n) is 12.9. The lowest BCUT2D eigenvalue weighted by molar-refractivity contribution is -0.122. The van der Waals surface area contributed by atoms with Gasteiger partial charge in [0.2, 0.25) is 0 Å². The third kappa shape index (κ3) is 6.29. The highest BCUT2D eigenvalue weighted by Crippen LogP contribution is 2.35. The third-order valence-electron chi connectivity index (χ3n) is 6.37. The monoisotopic (exact) mass is 557 g/mol. The van der Waals surface area contributed by atoms with Gasteiger partial charge in [0, 0.05) is 29.4 Å². The van der Waals surface area contributed by atoms with E-state index in [1.165, 1.54) is 17.8 Å². The van der Waals surface area contributed by atoms with Gasteiger partial charge >= 0.3 is 0 Å². The lowest BCUT2D eigenvalue weighted by atomic mass is 10.1. The molecule has 3 aromatic carbocycles. The minimum absolute atomic E-state index is 0.0681. The fraction of sp³-hybridized carbons (Fsp3) is 0.194. The zero-order valence-corrected chi connectivity index (χ0v) is 23.2. The van der Waals surface area contributed by atoms with E-state index in [1.807, 2.05) is 66.9 Å². The lowest BCUT2D eigenvalue weighted by Gasteiger charge is -2.13. The lowest BCUT2D eigenvalue weighted by Crippen LogP contribution is -2.28. The van der Waals surface area contributed by atoms with Gasteiger partial charge in [0.1, 0.15) is 28.2 Å². The van der Waals surface area contributed by atoms with E-state index in [1.54, 1.807) is 27.8 Å². The molecule has 0 N–H and O–H groups in total. The number of aromatic nitrogens is 2. The number of ether oxygens (including phenoxy) is 1. The Hall–Kier alpha value is -3.75. The molecule has 1 aliphatic heterocycles. The molecule has 0 saturated carbocycles. The molecule has 1 aliphatic rings. The first-order chi connectivity index (χ1) is 19.0. The van der Waals surface area contributed by atoms with Crippen molar-refractivity contribution in [2.75, 3.05) is 6.54 Å². The van der Waals surface area contributed by atoms with Gasteiger partial charge < -0.3 is 4.74 Å². The Balaban J connectivity index is 1.47. The first-order valence-corrected chi connectivity index (χ1v) is 14.1. The molecule has 5 nitrogen and oxygen atoms in total. The summed E-state index contributed by atoms with van der Waals surface area (Å²) in [5, 5.41) is 4.88. The van der Waals surface area contributed by atoms with Gasteiger partial charge in [-0.2, -0.15) is 5.10 Å². The van der Waals surface area contributed by atoms with Crippen molar-refractivity contribution in [1.29, 1.82) is 0 Å². The van der Waals surface area contributed by atoms with Crippen LogP contribution in [0.5, 0.6) is 5.75 Å². The Morgan fingerprint density at radius 2 is 1.82 bits per heavy atom. The normalized spacial score (nSPS) is 14.4. The number of rotatable bonds is 10. The molecule has 2 heterocycles. The number of thioether (sulfide) groups is 1. The molecule has 0 radical (unpaired) electrons. The molecular formula is C31H28FN3O2S2. The minimum atomic E-state index is -0.301. The number of carbonyl (C=O) groups excluding carboxylic acids is 1. The van der Waals surface area contributed by atoms with Crippen molar-refractivity contribution in [3.63, 3.8) is 0 Å². The van der Waals surface area contributed by atoms with Gasteiger partial charge in [0.15, 0.2) is 0 Å². The molecular weight excluding hydrogens is 529 g/mol. The summed E-state index contributed by atoms with van der Waals surface area (Å²) in [6, 6.07) is 23.9. The maximum atomic E-state index is 14.1. The van der Waals surface area contributed by atoms with Crippen molar-refractivity contribution in [3.05, 3.63) is 107 Å². The summed E-state index contributed by atoms with van der Waals surface area (Å²) in [4.78, 5) is 15.5. The molecule has 39 heavy (non-hydrogen) atoms. The summed E-state index contributed by atoms with van der Waals surface area (Å²) in [6.07, 6.45) is 6.84. The Morgan fingerprint density at radius 3 is 2.62 bits per heavy atom. The van der Waals surface area contributed by atoms with Gasteiger partial charge in [-0.15, -0.1) is 0 Å². The van der Waals surface area contributed by atoms with Crippen molar-refractivity contribution in [2.45, 2.75) is 32.8 Å². The van der Waals surface area contributed by atoms with Crippen molar-refractivity contribution >= 4 is 40.3 Å². The number of hydrogen-bond donors (Lipinski definition) is 0. The summed E-state index contributed by atoms with van der Waals surface area (Å²) in [7, 11) is 0. The zero-order chi connectivity index (χ0) is 27.2. The second kappa shape index (κ2) is 12.4. The van der Waals surface area contributed by atoms with Crippen LogP contribution in [0.25, 0.3) is 23.0 Å².